The summed E-state index contributed by atoms with van der Waals surface area (Å²) in [7, 11) is 0. The largest absolute Gasteiger partial charge is 0.469 e. The first kappa shape index (κ1) is 16.6. The summed E-state index contributed by atoms with van der Waals surface area (Å²) < 4.78 is 7.58. The van der Waals surface area contributed by atoms with E-state index in [0.29, 0.717) is 16.7 Å². The highest BCUT2D eigenvalue weighted by Gasteiger charge is 2.13. The summed E-state index contributed by atoms with van der Waals surface area (Å²) in [5.41, 5.74) is 3.00. The third-order valence-corrected chi connectivity index (χ3v) is 5.14. The third kappa shape index (κ3) is 3.14. The molecule has 0 amide bonds. The van der Waals surface area contributed by atoms with Crippen LogP contribution in [0.3, 0.4) is 0 Å². The minimum atomic E-state index is 0.237. The highest BCUT2D eigenvalue weighted by Crippen LogP contribution is 2.24. The molecule has 0 atom stereocenters. The topological polar surface area (TPSA) is 77.2 Å². The van der Waals surface area contributed by atoms with Crippen molar-refractivity contribution in [2.75, 3.05) is 5.32 Å². The average molecular weight is 388 g/mol. The van der Waals surface area contributed by atoms with Gasteiger partial charge in [0.2, 0.25) is 16.0 Å². The molecule has 5 rings (SSSR count). The van der Waals surface area contributed by atoms with Crippen LogP contribution in [0.4, 0.5) is 10.8 Å². The van der Waals surface area contributed by atoms with Gasteiger partial charge in [-0.2, -0.15) is 4.52 Å². The van der Waals surface area contributed by atoms with Crippen LogP contribution < -0.4 is 10.1 Å². The number of para-hydroxylation sites is 2. The Kier molecular flexibility index (Phi) is 4.10. The molecule has 0 radical (unpaired) electrons. The summed E-state index contributed by atoms with van der Waals surface area (Å²) in [6, 6.07) is 19.8. The summed E-state index contributed by atoms with van der Waals surface area (Å²) >= 11 is 1.43. The molecule has 5 aromatic rings. The molecule has 0 saturated carbocycles. The van der Waals surface area contributed by atoms with Gasteiger partial charge in [-0.25, -0.2) is 4.98 Å². The highest BCUT2D eigenvalue weighted by atomic mass is 32.1. The Labute approximate surface area is 164 Å². The van der Waals surface area contributed by atoms with Crippen LogP contribution in [-0.4, -0.2) is 24.8 Å². The standard InChI is InChI=1S/C20H16N6OS/c1-13-11-18(22-16-10-6-5-9-15(13)16)27-12-17-23-24-20-26(17)25-19(28-20)21-14-7-3-2-4-8-14/h2-11H,12H2,1H3,(H,21,25). The fraction of sp³-hybridized carbons (Fsp3) is 0.100. The number of pyridine rings is 1. The molecule has 8 heteroatoms. The Morgan fingerprint density at radius 3 is 2.75 bits per heavy atom. The summed E-state index contributed by atoms with van der Waals surface area (Å²) in [5, 5.41) is 18.1. The van der Waals surface area contributed by atoms with Gasteiger partial charge in [0.05, 0.1) is 5.52 Å². The zero-order valence-electron chi connectivity index (χ0n) is 15.0. The van der Waals surface area contributed by atoms with Gasteiger partial charge in [0, 0.05) is 17.1 Å². The van der Waals surface area contributed by atoms with Crippen LogP contribution in [-0.2, 0) is 6.61 Å². The molecule has 0 bridgehead atoms. The van der Waals surface area contributed by atoms with E-state index in [1.807, 2.05) is 61.5 Å². The molecule has 138 valence electrons. The maximum atomic E-state index is 5.88. The molecule has 0 unspecified atom stereocenters. The minimum Gasteiger partial charge on any atom is -0.469 e. The third-order valence-electron chi connectivity index (χ3n) is 4.33. The predicted octanol–water partition coefficient (Wildman–Crippen LogP) is 4.37. The summed E-state index contributed by atoms with van der Waals surface area (Å²) in [6.07, 6.45) is 0. The quantitative estimate of drug-likeness (QED) is 0.482. The van der Waals surface area contributed by atoms with Crippen molar-refractivity contribution < 1.29 is 4.74 Å². The maximum Gasteiger partial charge on any atom is 0.236 e. The van der Waals surface area contributed by atoms with Gasteiger partial charge < -0.3 is 10.1 Å². The molecule has 3 aromatic heterocycles. The molecule has 0 saturated heterocycles. The first-order valence-corrected chi connectivity index (χ1v) is 9.60. The molecule has 0 spiro atoms. The lowest BCUT2D eigenvalue weighted by Gasteiger charge is -2.07. The average Bonchev–Trinajstić information content (AvgIpc) is 3.28. The predicted molar refractivity (Wildman–Crippen MR) is 109 cm³/mol. The van der Waals surface area contributed by atoms with Crippen molar-refractivity contribution in [1.82, 2.24) is 24.8 Å². The number of nitrogens with one attached hydrogen (secondary N) is 1. The van der Waals surface area contributed by atoms with Crippen LogP contribution in [0.15, 0.2) is 60.7 Å². The molecule has 0 aliphatic carbocycles. The van der Waals surface area contributed by atoms with E-state index in [9.17, 15) is 0 Å². The van der Waals surface area contributed by atoms with Crippen LogP contribution in [0, 0.1) is 6.92 Å². The van der Waals surface area contributed by atoms with E-state index in [0.717, 1.165) is 27.3 Å². The van der Waals surface area contributed by atoms with Crippen LogP contribution in [0.5, 0.6) is 5.88 Å². The number of hydrogen-bond acceptors (Lipinski definition) is 7. The zero-order chi connectivity index (χ0) is 18.9. The minimum absolute atomic E-state index is 0.237. The Hall–Kier alpha value is -3.52. The normalized spacial score (nSPS) is 11.2. The Morgan fingerprint density at radius 2 is 1.86 bits per heavy atom. The summed E-state index contributed by atoms with van der Waals surface area (Å²) in [6.45, 7) is 2.29. The van der Waals surface area contributed by atoms with Gasteiger partial charge in [0.1, 0.15) is 0 Å². The first-order valence-electron chi connectivity index (χ1n) is 8.79. The Balaban J connectivity index is 1.37. The molecule has 0 aliphatic heterocycles. The second-order valence-corrected chi connectivity index (χ2v) is 7.25. The Morgan fingerprint density at radius 1 is 1.04 bits per heavy atom. The lowest BCUT2D eigenvalue weighted by Crippen LogP contribution is -2.04. The highest BCUT2D eigenvalue weighted by molar-refractivity contribution is 7.20. The number of nitrogens with zero attached hydrogens (tertiary/aromatic N) is 5. The van der Waals surface area contributed by atoms with Crippen molar-refractivity contribution in [3.63, 3.8) is 0 Å². The van der Waals surface area contributed by atoms with E-state index in [-0.39, 0.29) is 6.61 Å². The number of aryl methyl sites for hydroxylation is 1. The van der Waals surface area contributed by atoms with Crippen LogP contribution >= 0.6 is 11.3 Å². The summed E-state index contributed by atoms with van der Waals surface area (Å²) in [5.74, 6) is 1.19. The smallest absolute Gasteiger partial charge is 0.236 e. The molecule has 1 N–H and O–H groups in total. The van der Waals surface area contributed by atoms with Gasteiger partial charge >= 0.3 is 0 Å². The lowest BCUT2D eigenvalue weighted by molar-refractivity contribution is 0.282. The molecule has 2 aromatic carbocycles. The van der Waals surface area contributed by atoms with E-state index >= 15 is 0 Å². The van der Waals surface area contributed by atoms with E-state index in [1.54, 1.807) is 4.52 Å². The lowest BCUT2D eigenvalue weighted by atomic mass is 10.1. The number of rotatable bonds is 5. The molecule has 7 nitrogen and oxygen atoms in total. The fourth-order valence-electron chi connectivity index (χ4n) is 2.97. The van der Waals surface area contributed by atoms with Crippen molar-refractivity contribution in [3.8, 4) is 5.88 Å². The van der Waals surface area contributed by atoms with Gasteiger partial charge in [-0.15, -0.1) is 15.3 Å². The maximum absolute atomic E-state index is 5.88. The van der Waals surface area contributed by atoms with Gasteiger partial charge in [0.25, 0.3) is 0 Å². The number of hydrogen-bond donors (Lipinski definition) is 1. The molecule has 0 fully saturated rings. The van der Waals surface area contributed by atoms with Gasteiger partial charge in [0.15, 0.2) is 12.4 Å². The first-order chi connectivity index (χ1) is 13.8. The monoisotopic (exact) mass is 388 g/mol. The molecule has 3 heterocycles. The molecule has 0 aliphatic rings. The number of benzene rings is 2. The molecular formula is C20H16N6OS. The second kappa shape index (κ2) is 6.90. The number of aromatic nitrogens is 5. The Bertz CT molecular complexity index is 1260. The van der Waals surface area contributed by atoms with E-state index in [2.05, 4.69) is 31.7 Å². The van der Waals surface area contributed by atoms with Gasteiger partial charge in [-0.3, -0.25) is 0 Å². The van der Waals surface area contributed by atoms with Crippen molar-refractivity contribution in [1.29, 1.82) is 0 Å². The van der Waals surface area contributed by atoms with Gasteiger partial charge in [-0.05, 0) is 30.7 Å². The number of anilines is 2. The van der Waals surface area contributed by atoms with E-state index < -0.39 is 0 Å². The van der Waals surface area contributed by atoms with Crippen LogP contribution in [0.2, 0.25) is 0 Å². The van der Waals surface area contributed by atoms with Crippen molar-refractivity contribution >= 4 is 38.0 Å². The molecule has 28 heavy (non-hydrogen) atoms. The SMILES string of the molecule is Cc1cc(OCc2nnc3sc(Nc4ccccc4)nn23)nc2ccccc12. The second-order valence-electron chi connectivity index (χ2n) is 6.29. The van der Waals surface area contributed by atoms with E-state index in [4.69, 9.17) is 4.74 Å². The number of ether oxygens (including phenoxy) is 1. The van der Waals surface area contributed by atoms with Crippen molar-refractivity contribution in [3.05, 3.63) is 72.1 Å². The summed E-state index contributed by atoms with van der Waals surface area (Å²) in [4.78, 5) is 5.27. The number of fused-ring (bicyclic) bond motifs is 2. The van der Waals surface area contributed by atoms with Crippen LogP contribution in [0.1, 0.15) is 11.4 Å². The van der Waals surface area contributed by atoms with Crippen LogP contribution in [0.25, 0.3) is 15.9 Å². The van der Waals surface area contributed by atoms with Gasteiger partial charge in [-0.1, -0.05) is 47.7 Å². The zero-order valence-corrected chi connectivity index (χ0v) is 15.8. The molecular weight excluding hydrogens is 372 g/mol. The van der Waals surface area contributed by atoms with Crippen molar-refractivity contribution in [2.45, 2.75) is 13.5 Å². The van der Waals surface area contributed by atoms with E-state index in [1.165, 1.54) is 11.3 Å². The fourth-order valence-corrected chi connectivity index (χ4v) is 3.75. The van der Waals surface area contributed by atoms with Crippen molar-refractivity contribution in [2.24, 2.45) is 0 Å².